The summed E-state index contributed by atoms with van der Waals surface area (Å²) in [6.45, 7) is 7.39. The molecule has 0 aromatic carbocycles. The van der Waals surface area contributed by atoms with Crippen LogP contribution < -0.4 is 0 Å². The third-order valence-electron chi connectivity index (χ3n) is 4.36. The lowest BCUT2D eigenvalue weighted by atomic mass is 10.1. The van der Waals surface area contributed by atoms with E-state index in [1.807, 2.05) is 0 Å². The maximum absolute atomic E-state index is 11.6. The summed E-state index contributed by atoms with van der Waals surface area (Å²) in [5.41, 5.74) is 0. The van der Waals surface area contributed by atoms with Crippen LogP contribution in [0.25, 0.3) is 0 Å². The molecular formula is C20H38O4. The molecule has 0 N–H and O–H groups in total. The molecule has 0 heterocycles. The maximum Gasteiger partial charge on any atom is 0.306 e. The van der Waals surface area contributed by atoms with Gasteiger partial charge in [0.25, 0.3) is 0 Å². The highest BCUT2D eigenvalue weighted by atomic mass is 16.5. The molecule has 0 aliphatic carbocycles. The molecule has 4 heteroatoms. The Morgan fingerprint density at radius 3 is 1.79 bits per heavy atom. The number of esters is 2. The summed E-state index contributed by atoms with van der Waals surface area (Å²) < 4.78 is 10.3. The first-order valence-electron chi connectivity index (χ1n) is 9.91. The lowest BCUT2D eigenvalue weighted by molar-refractivity contribution is -0.150. The van der Waals surface area contributed by atoms with Gasteiger partial charge in [-0.2, -0.15) is 0 Å². The maximum atomic E-state index is 11.6. The first kappa shape index (κ1) is 22.9. The second-order valence-corrected chi connectivity index (χ2v) is 6.72. The number of carbonyl (C=O) groups excluding carboxylic acids is 2. The van der Waals surface area contributed by atoms with Gasteiger partial charge in [-0.3, -0.25) is 9.59 Å². The van der Waals surface area contributed by atoms with E-state index in [0.717, 1.165) is 25.7 Å². The molecule has 0 aromatic rings. The summed E-state index contributed by atoms with van der Waals surface area (Å²) >= 11 is 0. The van der Waals surface area contributed by atoms with E-state index in [1.54, 1.807) is 0 Å². The summed E-state index contributed by atoms with van der Waals surface area (Å²) in [7, 11) is 0. The van der Waals surface area contributed by atoms with Crippen LogP contribution in [0.5, 0.6) is 0 Å². The third kappa shape index (κ3) is 15.8. The van der Waals surface area contributed by atoms with Gasteiger partial charge in [0.1, 0.15) is 0 Å². The second kappa shape index (κ2) is 16.8. The van der Waals surface area contributed by atoms with Crippen molar-refractivity contribution in [1.29, 1.82) is 0 Å². The zero-order chi connectivity index (χ0) is 18.0. The van der Waals surface area contributed by atoms with Gasteiger partial charge in [-0.1, -0.05) is 72.1 Å². The Bertz CT molecular complexity index is 315. The molecule has 0 rings (SSSR count). The molecule has 0 fully saturated rings. The number of rotatable bonds is 16. The van der Waals surface area contributed by atoms with Crippen molar-refractivity contribution in [3.05, 3.63) is 0 Å². The normalized spacial score (nSPS) is 12.0. The fourth-order valence-electron chi connectivity index (χ4n) is 2.35. The topological polar surface area (TPSA) is 52.6 Å². The molecule has 0 aliphatic rings. The van der Waals surface area contributed by atoms with Crippen LogP contribution in [0.3, 0.4) is 0 Å². The molecule has 4 nitrogen and oxygen atoms in total. The highest BCUT2D eigenvalue weighted by Gasteiger charge is 2.09. The minimum absolute atomic E-state index is 0.122. The Morgan fingerprint density at radius 2 is 1.25 bits per heavy atom. The van der Waals surface area contributed by atoms with Gasteiger partial charge in [-0.05, 0) is 18.8 Å². The van der Waals surface area contributed by atoms with E-state index < -0.39 is 0 Å². The van der Waals surface area contributed by atoms with Gasteiger partial charge in [0, 0.05) is 0 Å². The molecule has 1 atom stereocenters. The highest BCUT2D eigenvalue weighted by Crippen LogP contribution is 2.09. The Labute approximate surface area is 148 Å². The Kier molecular flexibility index (Phi) is 16.0. The minimum Gasteiger partial charge on any atom is -0.466 e. The van der Waals surface area contributed by atoms with Gasteiger partial charge in [0.15, 0.2) is 0 Å². The molecule has 142 valence electrons. The van der Waals surface area contributed by atoms with Crippen molar-refractivity contribution in [2.45, 2.75) is 97.8 Å². The molecule has 0 spiro atoms. The fraction of sp³-hybridized carbons (Fsp3) is 0.900. The SMILES string of the molecule is CCCCCCCCCCOC(=O)CCC(=O)OCCC(C)CC. The summed E-state index contributed by atoms with van der Waals surface area (Å²) in [4.78, 5) is 23.1. The van der Waals surface area contributed by atoms with E-state index in [0.29, 0.717) is 19.1 Å². The van der Waals surface area contributed by atoms with Crippen LogP contribution in [0.15, 0.2) is 0 Å². The van der Waals surface area contributed by atoms with Crippen LogP contribution >= 0.6 is 0 Å². The predicted molar refractivity (Wildman–Crippen MR) is 97.8 cm³/mol. The summed E-state index contributed by atoms with van der Waals surface area (Å²) in [6.07, 6.45) is 12.0. The predicted octanol–water partition coefficient (Wildman–Crippen LogP) is 5.43. The number of hydrogen-bond acceptors (Lipinski definition) is 4. The molecule has 0 amide bonds. The van der Waals surface area contributed by atoms with Crippen LogP contribution in [0, 0.1) is 5.92 Å². The minimum atomic E-state index is -0.303. The second-order valence-electron chi connectivity index (χ2n) is 6.72. The highest BCUT2D eigenvalue weighted by molar-refractivity contribution is 5.77. The summed E-state index contributed by atoms with van der Waals surface area (Å²) in [5, 5.41) is 0. The van der Waals surface area contributed by atoms with Gasteiger partial charge in [-0.25, -0.2) is 0 Å². The zero-order valence-corrected chi connectivity index (χ0v) is 16.1. The van der Waals surface area contributed by atoms with Crippen molar-refractivity contribution in [2.24, 2.45) is 5.92 Å². The van der Waals surface area contributed by atoms with Crippen LogP contribution in [-0.2, 0) is 19.1 Å². The standard InChI is InChI=1S/C20H38O4/c1-4-6-7-8-9-10-11-12-16-23-19(21)13-14-20(22)24-17-15-18(3)5-2/h18H,4-17H2,1-3H3. The number of carbonyl (C=O) groups is 2. The third-order valence-corrected chi connectivity index (χ3v) is 4.36. The van der Waals surface area contributed by atoms with Crippen LogP contribution in [0.2, 0.25) is 0 Å². The fourth-order valence-corrected chi connectivity index (χ4v) is 2.35. The van der Waals surface area contributed by atoms with E-state index in [1.165, 1.54) is 38.5 Å². The van der Waals surface area contributed by atoms with E-state index in [-0.39, 0.29) is 24.8 Å². The van der Waals surface area contributed by atoms with E-state index in [2.05, 4.69) is 20.8 Å². The largest absolute Gasteiger partial charge is 0.466 e. The van der Waals surface area contributed by atoms with Crippen LogP contribution in [0.1, 0.15) is 97.8 Å². The zero-order valence-electron chi connectivity index (χ0n) is 16.1. The molecule has 0 saturated carbocycles. The molecular weight excluding hydrogens is 304 g/mol. The first-order chi connectivity index (χ1) is 11.6. The lowest BCUT2D eigenvalue weighted by Gasteiger charge is -2.09. The molecule has 24 heavy (non-hydrogen) atoms. The van der Waals surface area contributed by atoms with Gasteiger partial charge < -0.3 is 9.47 Å². The van der Waals surface area contributed by atoms with Crippen molar-refractivity contribution in [1.82, 2.24) is 0 Å². The van der Waals surface area contributed by atoms with E-state index in [4.69, 9.17) is 9.47 Å². The first-order valence-corrected chi connectivity index (χ1v) is 9.91. The quantitative estimate of drug-likeness (QED) is 0.277. The van der Waals surface area contributed by atoms with Crippen LogP contribution in [0.4, 0.5) is 0 Å². The Balaban J connectivity index is 3.38. The molecule has 0 aromatic heterocycles. The van der Waals surface area contributed by atoms with Gasteiger partial charge in [-0.15, -0.1) is 0 Å². The van der Waals surface area contributed by atoms with Crippen molar-refractivity contribution < 1.29 is 19.1 Å². The average molecular weight is 343 g/mol. The monoisotopic (exact) mass is 342 g/mol. The Hall–Kier alpha value is -1.06. The van der Waals surface area contributed by atoms with Crippen molar-refractivity contribution in [2.75, 3.05) is 13.2 Å². The molecule has 0 aliphatic heterocycles. The number of ether oxygens (including phenoxy) is 2. The van der Waals surface area contributed by atoms with E-state index >= 15 is 0 Å². The van der Waals surface area contributed by atoms with Gasteiger partial charge in [0.05, 0.1) is 26.1 Å². The van der Waals surface area contributed by atoms with Crippen LogP contribution in [-0.4, -0.2) is 25.2 Å². The molecule has 0 bridgehead atoms. The van der Waals surface area contributed by atoms with E-state index in [9.17, 15) is 9.59 Å². The molecule has 1 unspecified atom stereocenters. The molecule has 0 radical (unpaired) electrons. The molecule has 0 saturated heterocycles. The number of unbranched alkanes of at least 4 members (excludes halogenated alkanes) is 7. The van der Waals surface area contributed by atoms with Crippen molar-refractivity contribution >= 4 is 11.9 Å². The van der Waals surface area contributed by atoms with Crippen molar-refractivity contribution in [3.63, 3.8) is 0 Å². The average Bonchev–Trinajstić information content (AvgIpc) is 2.58. The lowest BCUT2D eigenvalue weighted by Crippen LogP contribution is -2.12. The smallest absolute Gasteiger partial charge is 0.306 e. The number of hydrogen-bond donors (Lipinski definition) is 0. The van der Waals surface area contributed by atoms with Gasteiger partial charge >= 0.3 is 11.9 Å². The van der Waals surface area contributed by atoms with Crippen molar-refractivity contribution in [3.8, 4) is 0 Å². The van der Waals surface area contributed by atoms with Gasteiger partial charge in [0.2, 0.25) is 0 Å². The summed E-state index contributed by atoms with van der Waals surface area (Å²) in [5.74, 6) is -0.0337. The summed E-state index contributed by atoms with van der Waals surface area (Å²) in [6, 6.07) is 0. The Morgan fingerprint density at radius 1 is 0.750 bits per heavy atom.